The van der Waals surface area contributed by atoms with Crippen molar-refractivity contribution >= 4 is 5.69 Å². The molecule has 0 fully saturated rings. The Morgan fingerprint density at radius 1 is 1.42 bits per heavy atom. The molecule has 0 aliphatic rings. The molecule has 2 N–H and O–H groups in total. The first-order valence-corrected chi connectivity index (χ1v) is 3.81. The Morgan fingerprint density at radius 2 is 2.08 bits per heavy atom. The number of rotatable bonds is 2. The van der Waals surface area contributed by atoms with Crippen molar-refractivity contribution in [2.24, 2.45) is 0 Å². The first kappa shape index (κ1) is 8.84. The van der Waals surface area contributed by atoms with Gasteiger partial charge < -0.3 is 10.5 Å². The predicted molar refractivity (Wildman–Crippen MR) is 46.6 cm³/mol. The molecule has 1 aromatic rings. The van der Waals surface area contributed by atoms with E-state index in [-0.39, 0.29) is 11.9 Å². The van der Waals surface area contributed by atoms with Gasteiger partial charge in [-0.1, -0.05) is 0 Å². The quantitative estimate of drug-likeness (QED) is 0.689. The Balaban J connectivity index is 2.86. The van der Waals surface area contributed by atoms with E-state index in [1.165, 1.54) is 18.2 Å². The average molecular weight is 169 g/mol. The van der Waals surface area contributed by atoms with Crippen LogP contribution in [0.1, 0.15) is 13.8 Å². The lowest BCUT2D eigenvalue weighted by Gasteiger charge is -2.11. The molecule has 1 aromatic carbocycles. The van der Waals surface area contributed by atoms with E-state index in [1.807, 2.05) is 13.8 Å². The highest BCUT2D eigenvalue weighted by Gasteiger charge is 2.02. The molecular weight excluding hydrogens is 157 g/mol. The normalized spacial score (nSPS) is 10.3. The van der Waals surface area contributed by atoms with Gasteiger partial charge in [-0.15, -0.1) is 0 Å². The Labute approximate surface area is 71.1 Å². The molecule has 2 nitrogen and oxygen atoms in total. The number of hydrogen-bond donors (Lipinski definition) is 1. The zero-order valence-corrected chi connectivity index (χ0v) is 7.17. The van der Waals surface area contributed by atoms with E-state index in [4.69, 9.17) is 10.5 Å². The van der Waals surface area contributed by atoms with E-state index in [0.717, 1.165) is 0 Å². The minimum atomic E-state index is -0.344. The van der Waals surface area contributed by atoms with Gasteiger partial charge in [0.15, 0.2) is 0 Å². The van der Waals surface area contributed by atoms with E-state index >= 15 is 0 Å². The lowest BCUT2D eigenvalue weighted by atomic mass is 10.3. The number of nitrogen functional groups attached to an aromatic ring is 1. The largest absolute Gasteiger partial charge is 0.489 e. The SMILES string of the molecule is CC(C)Oc1ccc(F)cc1N. The summed E-state index contributed by atoms with van der Waals surface area (Å²) in [6.45, 7) is 3.78. The van der Waals surface area contributed by atoms with Crippen LogP contribution < -0.4 is 10.5 Å². The summed E-state index contributed by atoms with van der Waals surface area (Å²) in [5.41, 5.74) is 5.84. The fourth-order valence-electron chi connectivity index (χ4n) is 0.881. The van der Waals surface area contributed by atoms with E-state index < -0.39 is 0 Å². The number of benzene rings is 1. The minimum absolute atomic E-state index is 0.0535. The molecule has 0 unspecified atom stereocenters. The van der Waals surface area contributed by atoms with Crippen molar-refractivity contribution < 1.29 is 9.13 Å². The van der Waals surface area contributed by atoms with Gasteiger partial charge in [0.05, 0.1) is 11.8 Å². The second kappa shape index (κ2) is 3.43. The van der Waals surface area contributed by atoms with Gasteiger partial charge in [-0.05, 0) is 26.0 Å². The Bertz CT molecular complexity index is 273. The molecule has 0 aliphatic heterocycles. The van der Waals surface area contributed by atoms with Crippen LogP contribution in [-0.4, -0.2) is 6.10 Å². The third-order valence-corrected chi connectivity index (χ3v) is 1.33. The van der Waals surface area contributed by atoms with Gasteiger partial charge in [-0.25, -0.2) is 4.39 Å². The fraction of sp³-hybridized carbons (Fsp3) is 0.333. The van der Waals surface area contributed by atoms with Crippen LogP contribution >= 0.6 is 0 Å². The predicted octanol–water partition coefficient (Wildman–Crippen LogP) is 2.20. The van der Waals surface area contributed by atoms with Crippen LogP contribution in [0.5, 0.6) is 5.75 Å². The molecule has 0 heterocycles. The van der Waals surface area contributed by atoms with Crippen LogP contribution in [-0.2, 0) is 0 Å². The molecular formula is C9H12FNO. The summed E-state index contributed by atoms with van der Waals surface area (Å²) in [7, 11) is 0. The van der Waals surface area contributed by atoms with E-state index in [1.54, 1.807) is 0 Å². The lowest BCUT2D eigenvalue weighted by Crippen LogP contribution is -2.07. The molecule has 0 aliphatic carbocycles. The monoisotopic (exact) mass is 169 g/mol. The molecule has 0 amide bonds. The summed E-state index contributed by atoms with van der Waals surface area (Å²) in [5, 5.41) is 0. The smallest absolute Gasteiger partial charge is 0.142 e. The zero-order chi connectivity index (χ0) is 9.14. The highest BCUT2D eigenvalue weighted by molar-refractivity contribution is 5.52. The fourth-order valence-corrected chi connectivity index (χ4v) is 0.881. The molecule has 3 heteroatoms. The highest BCUT2D eigenvalue weighted by Crippen LogP contribution is 2.22. The summed E-state index contributed by atoms with van der Waals surface area (Å²) < 4.78 is 17.9. The van der Waals surface area contributed by atoms with Gasteiger partial charge in [0.25, 0.3) is 0 Å². The number of anilines is 1. The van der Waals surface area contributed by atoms with Crippen molar-refractivity contribution in [3.63, 3.8) is 0 Å². The van der Waals surface area contributed by atoms with E-state index in [9.17, 15) is 4.39 Å². The van der Waals surface area contributed by atoms with Crippen LogP contribution in [0.3, 0.4) is 0 Å². The standard InChI is InChI=1S/C9H12FNO/c1-6(2)12-9-4-3-7(10)5-8(9)11/h3-6H,11H2,1-2H3. The molecule has 0 atom stereocenters. The van der Waals surface area contributed by atoms with Gasteiger partial charge in [-0.2, -0.15) is 0 Å². The van der Waals surface area contributed by atoms with Crippen LogP contribution in [0.4, 0.5) is 10.1 Å². The molecule has 1 rings (SSSR count). The molecule has 0 bridgehead atoms. The van der Waals surface area contributed by atoms with E-state index in [2.05, 4.69) is 0 Å². The summed E-state index contributed by atoms with van der Waals surface area (Å²) in [6.07, 6.45) is 0.0535. The van der Waals surface area contributed by atoms with Crippen molar-refractivity contribution in [1.82, 2.24) is 0 Å². The number of nitrogens with two attached hydrogens (primary N) is 1. The number of halogens is 1. The van der Waals surface area contributed by atoms with Gasteiger partial charge in [0.1, 0.15) is 11.6 Å². The number of hydrogen-bond acceptors (Lipinski definition) is 2. The summed E-state index contributed by atoms with van der Waals surface area (Å²) in [5.74, 6) is 0.190. The summed E-state index contributed by atoms with van der Waals surface area (Å²) in [6, 6.07) is 4.11. The third-order valence-electron chi connectivity index (χ3n) is 1.33. The molecule has 0 saturated carbocycles. The molecule has 66 valence electrons. The number of ether oxygens (including phenoxy) is 1. The van der Waals surface area contributed by atoms with Crippen molar-refractivity contribution in [2.45, 2.75) is 20.0 Å². The topological polar surface area (TPSA) is 35.2 Å². The first-order chi connectivity index (χ1) is 5.59. The second-order valence-corrected chi connectivity index (χ2v) is 2.85. The maximum atomic E-state index is 12.5. The maximum Gasteiger partial charge on any atom is 0.142 e. The van der Waals surface area contributed by atoms with Crippen molar-refractivity contribution in [1.29, 1.82) is 0 Å². The Morgan fingerprint density at radius 3 is 2.58 bits per heavy atom. The van der Waals surface area contributed by atoms with Crippen molar-refractivity contribution in [2.75, 3.05) is 5.73 Å². The van der Waals surface area contributed by atoms with Crippen LogP contribution in [0.25, 0.3) is 0 Å². The van der Waals surface area contributed by atoms with Gasteiger partial charge in [0.2, 0.25) is 0 Å². The van der Waals surface area contributed by atoms with Crippen molar-refractivity contribution in [3.05, 3.63) is 24.0 Å². The summed E-state index contributed by atoms with van der Waals surface area (Å²) >= 11 is 0. The molecule has 12 heavy (non-hydrogen) atoms. The van der Waals surface area contributed by atoms with E-state index in [0.29, 0.717) is 11.4 Å². The first-order valence-electron chi connectivity index (χ1n) is 3.81. The van der Waals surface area contributed by atoms with Gasteiger partial charge in [0, 0.05) is 6.07 Å². The Hall–Kier alpha value is -1.25. The average Bonchev–Trinajstić information content (AvgIpc) is 1.94. The van der Waals surface area contributed by atoms with Crippen LogP contribution in [0.15, 0.2) is 18.2 Å². The molecule has 0 spiro atoms. The van der Waals surface area contributed by atoms with Crippen LogP contribution in [0.2, 0.25) is 0 Å². The summed E-state index contributed by atoms with van der Waals surface area (Å²) in [4.78, 5) is 0. The molecule has 0 radical (unpaired) electrons. The Kier molecular flexibility index (Phi) is 2.53. The van der Waals surface area contributed by atoms with Gasteiger partial charge in [-0.3, -0.25) is 0 Å². The maximum absolute atomic E-state index is 12.5. The third kappa shape index (κ3) is 2.12. The highest BCUT2D eigenvalue weighted by atomic mass is 19.1. The van der Waals surface area contributed by atoms with Crippen molar-refractivity contribution in [3.8, 4) is 5.75 Å². The molecule has 0 aromatic heterocycles. The lowest BCUT2D eigenvalue weighted by molar-refractivity contribution is 0.243. The zero-order valence-electron chi connectivity index (χ0n) is 7.17. The van der Waals surface area contributed by atoms with Gasteiger partial charge >= 0.3 is 0 Å². The minimum Gasteiger partial charge on any atom is -0.489 e. The second-order valence-electron chi connectivity index (χ2n) is 2.85. The molecule has 0 saturated heterocycles. The van der Waals surface area contributed by atoms with Crippen LogP contribution in [0, 0.1) is 5.82 Å².